The van der Waals surface area contributed by atoms with E-state index in [1.54, 1.807) is 44.4 Å². The summed E-state index contributed by atoms with van der Waals surface area (Å²) in [6.07, 6.45) is 0. The molecule has 7 nitrogen and oxygen atoms in total. The lowest BCUT2D eigenvalue weighted by atomic mass is 9.92. The van der Waals surface area contributed by atoms with Gasteiger partial charge in [-0.05, 0) is 65.2 Å². The summed E-state index contributed by atoms with van der Waals surface area (Å²) in [5.41, 5.74) is 0.972. The lowest BCUT2D eigenvalue weighted by Crippen LogP contribution is -2.42. The highest BCUT2D eigenvalue weighted by Gasteiger charge is 2.49. The van der Waals surface area contributed by atoms with E-state index in [2.05, 4.69) is 26.6 Å². The summed E-state index contributed by atoms with van der Waals surface area (Å²) in [6.45, 7) is 3.17. The van der Waals surface area contributed by atoms with Gasteiger partial charge in [0.2, 0.25) is 5.91 Å². The molecule has 0 bridgehead atoms. The van der Waals surface area contributed by atoms with Crippen LogP contribution in [0.4, 0.5) is 10.5 Å². The van der Waals surface area contributed by atoms with Crippen LogP contribution in [0.2, 0.25) is 0 Å². The Morgan fingerprint density at radius 2 is 1.89 bits per heavy atom. The fraction of sp³-hybridized carbons (Fsp3) is 0.250. The third kappa shape index (κ3) is 3.73. The normalized spacial score (nSPS) is 18.8. The van der Waals surface area contributed by atoms with Crippen molar-refractivity contribution in [1.82, 2.24) is 10.2 Å². The maximum absolute atomic E-state index is 12.9. The van der Waals surface area contributed by atoms with Gasteiger partial charge in [-0.3, -0.25) is 14.5 Å². The molecule has 1 atom stereocenters. The first-order valence-corrected chi connectivity index (χ1v) is 9.38. The predicted molar refractivity (Wildman–Crippen MR) is 108 cm³/mol. The molecule has 2 aromatic rings. The number of carbonyl (C=O) groups excluding carboxylic acids is 3. The van der Waals surface area contributed by atoms with E-state index in [0.717, 1.165) is 14.9 Å². The van der Waals surface area contributed by atoms with E-state index < -0.39 is 23.4 Å². The second kappa shape index (κ2) is 7.63. The zero-order valence-corrected chi connectivity index (χ0v) is 17.3. The first kappa shape index (κ1) is 19.9. The monoisotopic (exact) mass is 445 g/mol. The molecule has 0 radical (unpaired) electrons. The lowest BCUT2D eigenvalue weighted by Gasteiger charge is -2.22. The number of methoxy groups -OCH3 is 1. The van der Waals surface area contributed by atoms with E-state index in [1.807, 2.05) is 19.1 Å². The number of benzene rings is 2. The predicted octanol–water partition coefficient (Wildman–Crippen LogP) is 3.17. The molecule has 0 spiro atoms. The van der Waals surface area contributed by atoms with E-state index >= 15 is 0 Å². The van der Waals surface area contributed by atoms with Crippen LogP contribution in [0.15, 0.2) is 46.9 Å². The van der Waals surface area contributed by atoms with Gasteiger partial charge in [-0.15, -0.1) is 0 Å². The summed E-state index contributed by atoms with van der Waals surface area (Å²) in [5, 5.41) is 5.39. The van der Waals surface area contributed by atoms with Crippen LogP contribution in [-0.2, 0) is 15.1 Å². The van der Waals surface area contributed by atoms with Crippen LogP contribution < -0.4 is 15.4 Å². The Bertz CT molecular complexity index is 945. The second-order valence-electron chi connectivity index (χ2n) is 6.71. The Labute approximate surface area is 171 Å². The van der Waals surface area contributed by atoms with Crippen LogP contribution >= 0.6 is 15.9 Å². The molecule has 4 amide bonds. The minimum Gasteiger partial charge on any atom is -0.497 e. The highest BCUT2D eigenvalue weighted by atomic mass is 79.9. The molecule has 1 aliphatic rings. The van der Waals surface area contributed by atoms with Crippen molar-refractivity contribution in [1.29, 1.82) is 0 Å². The number of carbonyl (C=O) groups is 3. The zero-order valence-electron chi connectivity index (χ0n) is 15.7. The van der Waals surface area contributed by atoms with Gasteiger partial charge in [0, 0.05) is 4.47 Å². The molecule has 3 rings (SSSR count). The summed E-state index contributed by atoms with van der Waals surface area (Å²) in [4.78, 5) is 38.6. The number of halogens is 1. The average molecular weight is 446 g/mol. The van der Waals surface area contributed by atoms with Gasteiger partial charge >= 0.3 is 6.03 Å². The molecule has 1 fully saturated rings. The zero-order chi connectivity index (χ0) is 20.5. The van der Waals surface area contributed by atoms with Crippen molar-refractivity contribution in [2.24, 2.45) is 0 Å². The number of imide groups is 1. The van der Waals surface area contributed by atoms with Crippen molar-refractivity contribution in [3.05, 3.63) is 58.1 Å². The van der Waals surface area contributed by atoms with Crippen molar-refractivity contribution in [2.45, 2.75) is 19.4 Å². The maximum Gasteiger partial charge on any atom is 0.325 e. The third-order valence-electron chi connectivity index (χ3n) is 4.64. The van der Waals surface area contributed by atoms with Gasteiger partial charge < -0.3 is 15.4 Å². The molecule has 1 unspecified atom stereocenters. The molecule has 1 aliphatic heterocycles. The number of anilines is 1. The Morgan fingerprint density at radius 1 is 1.21 bits per heavy atom. The molecule has 8 heteroatoms. The van der Waals surface area contributed by atoms with E-state index in [4.69, 9.17) is 4.74 Å². The van der Waals surface area contributed by atoms with Crippen LogP contribution in [0.5, 0.6) is 5.75 Å². The van der Waals surface area contributed by atoms with Crippen LogP contribution in [-0.4, -0.2) is 36.4 Å². The second-order valence-corrected chi connectivity index (χ2v) is 7.56. The minimum absolute atomic E-state index is 0.378. The number of urea groups is 1. The lowest BCUT2D eigenvalue weighted by molar-refractivity contribution is -0.133. The van der Waals surface area contributed by atoms with Gasteiger partial charge in [-0.25, -0.2) is 4.79 Å². The summed E-state index contributed by atoms with van der Waals surface area (Å²) >= 11 is 3.39. The number of rotatable bonds is 5. The topological polar surface area (TPSA) is 87.7 Å². The molecule has 1 saturated heterocycles. The van der Waals surface area contributed by atoms with E-state index in [-0.39, 0.29) is 6.54 Å². The van der Waals surface area contributed by atoms with Crippen molar-refractivity contribution in [3.63, 3.8) is 0 Å². The van der Waals surface area contributed by atoms with Crippen molar-refractivity contribution in [2.75, 3.05) is 19.0 Å². The van der Waals surface area contributed by atoms with Gasteiger partial charge in [0.05, 0.1) is 12.8 Å². The number of ether oxygens (including phenoxy) is 1. The number of amides is 4. The van der Waals surface area contributed by atoms with Gasteiger partial charge in [-0.1, -0.05) is 18.2 Å². The fourth-order valence-corrected chi connectivity index (χ4v) is 3.61. The number of hydrogen-bond acceptors (Lipinski definition) is 4. The average Bonchev–Trinajstić information content (AvgIpc) is 2.88. The van der Waals surface area contributed by atoms with Crippen molar-refractivity contribution >= 4 is 39.5 Å². The highest BCUT2D eigenvalue weighted by Crippen LogP contribution is 2.30. The third-order valence-corrected chi connectivity index (χ3v) is 5.30. The standard InChI is InChI=1S/C20H20BrN3O4/c1-12-4-9-16(15(21)10-12)22-17(25)11-24-18(26)20(2,23-19(24)27)13-5-7-14(28-3)8-6-13/h4-10H,11H2,1-3H3,(H,22,25)(H,23,27). The fourth-order valence-electron chi connectivity index (χ4n) is 3.02. The first-order chi connectivity index (χ1) is 13.2. The largest absolute Gasteiger partial charge is 0.497 e. The van der Waals surface area contributed by atoms with Crippen molar-refractivity contribution < 1.29 is 19.1 Å². The summed E-state index contributed by atoms with van der Waals surface area (Å²) in [6, 6.07) is 11.7. The number of hydrogen-bond donors (Lipinski definition) is 2. The summed E-state index contributed by atoms with van der Waals surface area (Å²) < 4.78 is 5.84. The van der Waals surface area contributed by atoms with Gasteiger partial charge in [0.1, 0.15) is 17.8 Å². The Morgan fingerprint density at radius 3 is 2.50 bits per heavy atom. The smallest absolute Gasteiger partial charge is 0.325 e. The molecule has 2 aromatic carbocycles. The molecule has 0 aliphatic carbocycles. The van der Waals surface area contributed by atoms with E-state index in [9.17, 15) is 14.4 Å². The number of nitrogens with zero attached hydrogens (tertiary/aromatic N) is 1. The van der Waals surface area contributed by atoms with Crippen LogP contribution in [0.3, 0.4) is 0 Å². The van der Waals surface area contributed by atoms with Crippen LogP contribution in [0.25, 0.3) is 0 Å². The first-order valence-electron chi connectivity index (χ1n) is 8.59. The molecule has 2 N–H and O–H groups in total. The molecule has 0 aromatic heterocycles. The SMILES string of the molecule is COc1ccc(C2(C)NC(=O)N(CC(=O)Nc3ccc(C)cc3Br)C2=O)cc1. The Hall–Kier alpha value is -2.87. The van der Waals surface area contributed by atoms with Crippen LogP contribution in [0, 0.1) is 6.92 Å². The van der Waals surface area contributed by atoms with Gasteiger partial charge in [-0.2, -0.15) is 0 Å². The summed E-state index contributed by atoms with van der Waals surface area (Å²) in [7, 11) is 1.55. The Kier molecular flexibility index (Phi) is 5.42. The molecule has 28 heavy (non-hydrogen) atoms. The van der Waals surface area contributed by atoms with Gasteiger partial charge in [0.25, 0.3) is 5.91 Å². The highest BCUT2D eigenvalue weighted by molar-refractivity contribution is 9.10. The number of nitrogens with one attached hydrogen (secondary N) is 2. The summed E-state index contributed by atoms with van der Waals surface area (Å²) in [5.74, 6) is -0.308. The van der Waals surface area contributed by atoms with Gasteiger partial charge in [0.15, 0.2) is 0 Å². The molecule has 1 heterocycles. The Balaban J connectivity index is 1.74. The maximum atomic E-state index is 12.9. The molecule has 0 saturated carbocycles. The quantitative estimate of drug-likeness (QED) is 0.691. The van der Waals surface area contributed by atoms with Crippen LogP contribution in [0.1, 0.15) is 18.1 Å². The van der Waals surface area contributed by atoms with Crippen molar-refractivity contribution in [3.8, 4) is 5.75 Å². The molecule has 146 valence electrons. The van der Waals surface area contributed by atoms with E-state index in [0.29, 0.717) is 17.0 Å². The molecular formula is C20H20BrN3O4. The molecular weight excluding hydrogens is 426 g/mol. The number of aryl methyl sites for hydroxylation is 1. The van der Waals surface area contributed by atoms with E-state index in [1.165, 1.54) is 0 Å². The minimum atomic E-state index is -1.24.